The Morgan fingerprint density at radius 3 is 2.48 bits per heavy atom. The van der Waals surface area contributed by atoms with Gasteiger partial charge in [0.1, 0.15) is 5.69 Å². The quantitative estimate of drug-likeness (QED) is 0.694. The summed E-state index contributed by atoms with van der Waals surface area (Å²) in [6.07, 6.45) is 5.91. The van der Waals surface area contributed by atoms with Gasteiger partial charge in [0.15, 0.2) is 0 Å². The number of aromatic amines is 1. The molecule has 0 saturated heterocycles. The number of allylic oxidation sites excluding steroid dienone is 2. The molecule has 1 heterocycles. The van der Waals surface area contributed by atoms with E-state index in [9.17, 15) is 14.4 Å². The molecular formula is C18H18N2O3. The zero-order valence-corrected chi connectivity index (χ0v) is 12.9. The fourth-order valence-electron chi connectivity index (χ4n) is 2.94. The van der Waals surface area contributed by atoms with Crippen molar-refractivity contribution < 1.29 is 4.79 Å². The molecule has 5 nitrogen and oxygen atoms in total. The molecule has 3 rings (SSSR count). The maximum Gasteiger partial charge on any atom is 0.328 e. The SMILES string of the molecule is Cc1c(C(=O)c2ccccc2)n(CC2CC=CC2)c(=O)[nH]c1=O. The summed E-state index contributed by atoms with van der Waals surface area (Å²) in [5.74, 6) is -0.0161. The van der Waals surface area contributed by atoms with E-state index < -0.39 is 11.2 Å². The lowest BCUT2D eigenvalue weighted by atomic mass is 10.0. The predicted molar refractivity (Wildman–Crippen MR) is 87.8 cm³/mol. The first kappa shape index (κ1) is 15.2. The number of H-pyrrole nitrogens is 1. The maximum absolute atomic E-state index is 12.8. The molecule has 1 N–H and O–H groups in total. The summed E-state index contributed by atoms with van der Waals surface area (Å²) < 4.78 is 1.42. The van der Waals surface area contributed by atoms with Gasteiger partial charge in [-0.15, -0.1) is 0 Å². The lowest BCUT2D eigenvalue weighted by Gasteiger charge is -2.17. The van der Waals surface area contributed by atoms with Gasteiger partial charge in [0.05, 0.1) is 0 Å². The molecule has 5 heteroatoms. The van der Waals surface area contributed by atoms with E-state index in [-0.39, 0.29) is 23.0 Å². The lowest BCUT2D eigenvalue weighted by molar-refractivity contribution is 0.102. The zero-order valence-electron chi connectivity index (χ0n) is 12.9. The molecule has 0 aliphatic heterocycles. The average molecular weight is 310 g/mol. The number of hydrogen-bond acceptors (Lipinski definition) is 3. The Bertz CT molecular complexity index is 867. The van der Waals surface area contributed by atoms with Gasteiger partial charge >= 0.3 is 5.69 Å². The molecule has 1 aromatic heterocycles. The van der Waals surface area contributed by atoms with Gasteiger partial charge < -0.3 is 0 Å². The van der Waals surface area contributed by atoms with E-state index >= 15 is 0 Å². The zero-order chi connectivity index (χ0) is 16.4. The van der Waals surface area contributed by atoms with E-state index in [0.717, 1.165) is 12.8 Å². The van der Waals surface area contributed by atoms with E-state index in [0.29, 0.717) is 12.1 Å². The first-order valence-corrected chi connectivity index (χ1v) is 7.66. The summed E-state index contributed by atoms with van der Waals surface area (Å²) >= 11 is 0. The maximum atomic E-state index is 12.8. The van der Waals surface area contributed by atoms with Crippen LogP contribution in [0.2, 0.25) is 0 Å². The van der Waals surface area contributed by atoms with E-state index in [1.54, 1.807) is 31.2 Å². The third kappa shape index (κ3) is 2.95. The minimum atomic E-state index is -0.521. The first-order chi connectivity index (χ1) is 11.1. The standard InChI is InChI=1S/C18H18N2O3/c1-12-15(16(21)14-9-3-2-4-10-14)20(18(23)19-17(12)22)11-13-7-5-6-8-13/h2-6,9-10,13H,7-8,11H2,1H3,(H,19,22,23). The van der Waals surface area contributed by atoms with Crippen molar-refractivity contribution in [2.24, 2.45) is 5.92 Å². The van der Waals surface area contributed by atoms with Crippen molar-refractivity contribution in [3.63, 3.8) is 0 Å². The molecule has 1 aromatic carbocycles. The average Bonchev–Trinajstić information content (AvgIpc) is 3.06. The normalized spacial score (nSPS) is 14.3. The number of benzene rings is 1. The van der Waals surface area contributed by atoms with E-state index in [4.69, 9.17) is 0 Å². The molecule has 0 bridgehead atoms. The van der Waals surface area contributed by atoms with Crippen LogP contribution in [0.4, 0.5) is 0 Å². The van der Waals surface area contributed by atoms with Gasteiger partial charge in [-0.05, 0) is 25.7 Å². The van der Waals surface area contributed by atoms with Gasteiger partial charge in [-0.2, -0.15) is 0 Å². The van der Waals surface area contributed by atoms with Crippen LogP contribution < -0.4 is 11.2 Å². The minimum absolute atomic E-state index is 0.192. The number of ketones is 1. The number of nitrogens with zero attached hydrogens (tertiary/aromatic N) is 1. The Labute approximate surface area is 133 Å². The van der Waals surface area contributed by atoms with Crippen molar-refractivity contribution in [1.82, 2.24) is 9.55 Å². The molecule has 0 fully saturated rings. The second-order valence-corrected chi connectivity index (χ2v) is 5.85. The molecule has 118 valence electrons. The molecule has 0 amide bonds. The van der Waals surface area contributed by atoms with Crippen LogP contribution in [0, 0.1) is 12.8 Å². The second kappa shape index (κ2) is 6.20. The highest BCUT2D eigenvalue weighted by molar-refractivity contribution is 6.08. The molecular weight excluding hydrogens is 292 g/mol. The van der Waals surface area contributed by atoms with Gasteiger partial charge in [-0.25, -0.2) is 4.79 Å². The Morgan fingerprint density at radius 1 is 1.17 bits per heavy atom. The monoisotopic (exact) mass is 310 g/mol. The van der Waals surface area contributed by atoms with Crippen molar-refractivity contribution in [1.29, 1.82) is 0 Å². The lowest BCUT2D eigenvalue weighted by Crippen LogP contribution is -2.37. The van der Waals surface area contributed by atoms with Crippen molar-refractivity contribution in [3.05, 3.63) is 80.1 Å². The summed E-state index contributed by atoms with van der Waals surface area (Å²) in [5, 5.41) is 0. The van der Waals surface area contributed by atoms with Gasteiger partial charge in [0.2, 0.25) is 5.78 Å². The molecule has 0 saturated carbocycles. The van der Waals surface area contributed by atoms with Crippen LogP contribution in [-0.2, 0) is 6.54 Å². The molecule has 1 aliphatic carbocycles. The molecule has 0 radical (unpaired) electrons. The summed E-state index contributed by atoms with van der Waals surface area (Å²) in [4.78, 5) is 39.4. The van der Waals surface area contributed by atoms with Crippen LogP contribution >= 0.6 is 0 Å². The summed E-state index contributed by atoms with van der Waals surface area (Å²) in [7, 11) is 0. The van der Waals surface area contributed by atoms with Crippen molar-refractivity contribution in [2.75, 3.05) is 0 Å². The van der Waals surface area contributed by atoms with Gasteiger partial charge in [-0.1, -0.05) is 42.5 Å². The highest BCUT2D eigenvalue weighted by Crippen LogP contribution is 2.20. The van der Waals surface area contributed by atoms with Gasteiger partial charge in [0, 0.05) is 17.7 Å². The summed E-state index contributed by atoms with van der Waals surface area (Å²) in [6.45, 7) is 2.01. The molecule has 0 unspecified atom stereocenters. The van der Waals surface area contributed by atoms with Crippen LogP contribution in [0.3, 0.4) is 0 Å². The summed E-state index contributed by atoms with van der Waals surface area (Å²) in [5.41, 5.74) is -0.0815. The number of nitrogens with one attached hydrogen (secondary N) is 1. The fourth-order valence-corrected chi connectivity index (χ4v) is 2.94. The van der Waals surface area contributed by atoms with Crippen LogP contribution in [0.25, 0.3) is 0 Å². The molecule has 0 atom stereocenters. The highest BCUT2D eigenvalue weighted by atomic mass is 16.2. The van der Waals surface area contributed by atoms with Crippen LogP contribution in [0.1, 0.15) is 34.5 Å². The van der Waals surface area contributed by atoms with Gasteiger partial charge in [-0.3, -0.25) is 19.1 Å². The van der Waals surface area contributed by atoms with E-state index in [1.807, 2.05) is 6.07 Å². The Kier molecular flexibility index (Phi) is 4.10. The number of carbonyl (C=O) groups is 1. The Hall–Kier alpha value is -2.69. The number of rotatable bonds is 4. The second-order valence-electron chi connectivity index (χ2n) is 5.85. The number of aromatic nitrogens is 2. The van der Waals surface area contributed by atoms with Crippen LogP contribution in [-0.4, -0.2) is 15.3 Å². The van der Waals surface area contributed by atoms with Crippen LogP contribution in [0.15, 0.2) is 52.1 Å². The van der Waals surface area contributed by atoms with E-state index in [1.165, 1.54) is 4.57 Å². The number of hydrogen-bond donors (Lipinski definition) is 1. The molecule has 0 spiro atoms. The summed E-state index contributed by atoms with van der Waals surface area (Å²) in [6, 6.07) is 8.72. The minimum Gasteiger partial charge on any atom is -0.290 e. The van der Waals surface area contributed by atoms with Crippen molar-refractivity contribution >= 4 is 5.78 Å². The van der Waals surface area contributed by atoms with E-state index in [2.05, 4.69) is 17.1 Å². The molecule has 1 aliphatic rings. The van der Waals surface area contributed by atoms with Crippen molar-refractivity contribution in [3.8, 4) is 0 Å². The first-order valence-electron chi connectivity index (χ1n) is 7.66. The topological polar surface area (TPSA) is 71.9 Å². The predicted octanol–water partition coefficient (Wildman–Crippen LogP) is 2.04. The number of carbonyl (C=O) groups excluding carboxylic acids is 1. The van der Waals surface area contributed by atoms with Gasteiger partial charge in [0.25, 0.3) is 5.56 Å². The smallest absolute Gasteiger partial charge is 0.290 e. The third-order valence-electron chi connectivity index (χ3n) is 4.23. The third-order valence-corrected chi connectivity index (χ3v) is 4.23. The largest absolute Gasteiger partial charge is 0.328 e. The highest BCUT2D eigenvalue weighted by Gasteiger charge is 2.22. The molecule has 23 heavy (non-hydrogen) atoms. The van der Waals surface area contributed by atoms with Crippen LogP contribution in [0.5, 0.6) is 0 Å². The fraction of sp³-hybridized carbons (Fsp3) is 0.278. The molecule has 2 aromatic rings. The van der Waals surface area contributed by atoms with Crippen molar-refractivity contribution in [2.45, 2.75) is 26.3 Å². The Balaban J connectivity index is 2.11. The Morgan fingerprint density at radius 2 is 1.83 bits per heavy atom.